The Morgan fingerprint density at radius 3 is 2.78 bits per heavy atom. The summed E-state index contributed by atoms with van der Waals surface area (Å²) in [4.78, 5) is 0. The fraction of sp³-hybridized carbons (Fsp3) is 0.500. The van der Waals surface area contributed by atoms with Crippen LogP contribution in [0.25, 0.3) is 0 Å². The van der Waals surface area contributed by atoms with Crippen LogP contribution in [0.1, 0.15) is 19.8 Å². The van der Waals surface area contributed by atoms with Gasteiger partial charge in [0.15, 0.2) is 0 Å². The first-order valence-corrected chi connectivity index (χ1v) is 3.20. The molecule has 51 valence electrons. The summed E-state index contributed by atoms with van der Waals surface area (Å²) in [7, 11) is 0. The second kappa shape index (κ2) is 5.57. The summed E-state index contributed by atoms with van der Waals surface area (Å²) in [5.41, 5.74) is 0.531. The summed E-state index contributed by atoms with van der Waals surface area (Å²) in [6.45, 7) is 7.35. The zero-order valence-corrected chi connectivity index (χ0v) is 5.80. The summed E-state index contributed by atoms with van der Waals surface area (Å²) in [6.07, 6.45) is 5.87. The van der Waals surface area contributed by atoms with Gasteiger partial charge in [0.25, 0.3) is 0 Å². The van der Waals surface area contributed by atoms with Crippen LogP contribution in [0.2, 0.25) is 0 Å². The lowest BCUT2D eigenvalue weighted by Crippen LogP contribution is -1.81. The molecule has 1 nitrogen and oxygen atoms in total. The van der Waals surface area contributed by atoms with Crippen molar-refractivity contribution in [2.45, 2.75) is 19.8 Å². The average molecular weight is 125 g/mol. The lowest BCUT2D eigenvalue weighted by atomic mass is 10.2. The predicted molar refractivity (Wildman–Crippen MR) is 38.9 cm³/mol. The largest absolute Gasteiger partial charge is 0.392 e. The molecule has 0 atom stereocenters. The monoisotopic (exact) mass is 125 g/mol. The van der Waals surface area contributed by atoms with Crippen molar-refractivity contribution in [3.05, 3.63) is 24.3 Å². The number of hydrogen-bond acceptors (Lipinski definition) is 1. The molecule has 9 heavy (non-hydrogen) atoms. The number of allylic oxidation sites excluding steroid dienone is 1. The van der Waals surface area contributed by atoms with Gasteiger partial charge in [0, 0.05) is 0 Å². The van der Waals surface area contributed by atoms with Crippen molar-refractivity contribution in [3.63, 3.8) is 0 Å². The van der Waals surface area contributed by atoms with Gasteiger partial charge < -0.3 is 5.11 Å². The number of aliphatic hydroxyl groups excluding tert-OH is 1. The molecule has 0 aromatic carbocycles. The van der Waals surface area contributed by atoms with E-state index in [0.29, 0.717) is 5.57 Å². The molecule has 0 bridgehead atoms. The van der Waals surface area contributed by atoms with Crippen molar-refractivity contribution in [2.75, 3.05) is 6.61 Å². The molecule has 0 saturated carbocycles. The quantitative estimate of drug-likeness (QED) is 0.567. The predicted octanol–water partition coefficient (Wildman–Crippen LogP) is 1.69. The van der Waals surface area contributed by atoms with E-state index < -0.39 is 0 Å². The molecule has 0 fully saturated rings. The molecule has 0 amide bonds. The van der Waals surface area contributed by atoms with Crippen LogP contribution in [0.15, 0.2) is 17.7 Å². The van der Waals surface area contributed by atoms with Crippen LogP contribution in [0.5, 0.6) is 0 Å². The molecular formula is C8H13O. The van der Waals surface area contributed by atoms with Crippen molar-refractivity contribution in [2.24, 2.45) is 0 Å². The van der Waals surface area contributed by atoms with Crippen molar-refractivity contribution < 1.29 is 5.11 Å². The Labute approximate surface area is 56.7 Å². The van der Waals surface area contributed by atoms with Crippen LogP contribution < -0.4 is 0 Å². The second-order valence-corrected chi connectivity index (χ2v) is 1.92. The Morgan fingerprint density at radius 2 is 2.33 bits per heavy atom. The fourth-order valence-corrected chi connectivity index (χ4v) is 0.454. The minimum Gasteiger partial charge on any atom is -0.392 e. The van der Waals surface area contributed by atoms with Gasteiger partial charge in [0.1, 0.15) is 0 Å². The molecule has 0 aliphatic rings. The third kappa shape index (κ3) is 5.31. The van der Waals surface area contributed by atoms with Crippen molar-refractivity contribution in [1.29, 1.82) is 0 Å². The molecule has 0 aliphatic heterocycles. The molecule has 1 radical (unpaired) electrons. The first-order chi connectivity index (χ1) is 4.31. The van der Waals surface area contributed by atoms with Gasteiger partial charge in [-0.15, -0.1) is 0 Å². The Hall–Kier alpha value is -0.560. The van der Waals surface area contributed by atoms with E-state index in [1.807, 2.05) is 6.08 Å². The van der Waals surface area contributed by atoms with E-state index in [1.165, 1.54) is 0 Å². The first-order valence-electron chi connectivity index (χ1n) is 3.20. The van der Waals surface area contributed by atoms with Gasteiger partial charge >= 0.3 is 0 Å². The molecule has 1 N–H and O–H groups in total. The van der Waals surface area contributed by atoms with Gasteiger partial charge in [-0.05, 0) is 12.0 Å². The summed E-state index contributed by atoms with van der Waals surface area (Å²) in [6, 6.07) is 0. The first kappa shape index (κ1) is 8.44. The van der Waals surface area contributed by atoms with Gasteiger partial charge in [0.2, 0.25) is 0 Å². The second-order valence-electron chi connectivity index (χ2n) is 1.92. The molecule has 0 aromatic rings. The van der Waals surface area contributed by atoms with Crippen LogP contribution in [0, 0.1) is 6.58 Å². The Morgan fingerprint density at radius 1 is 1.67 bits per heavy atom. The number of aliphatic hydroxyl groups is 1. The maximum absolute atomic E-state index is 8.42. The van der Waals surface area contributed by atoms with Gasteiger partial charge in [-0.1, -0.05) is 32.1 Å². The van der Waals surface area contributed by atoms with Crippen LogP contribution in [-0.2, 0) is 0 Å². The number of unbranched alkanes of at least 4 members (excludes halogenated alkanes) is 1. The Balaban J connectivity index is 3.32. The normalized spacial score (nSPS) is 10.4. The number of rotatable bonds is 4. The molecule has 0 heterocycles. The fourth-order valence-electron chi connectivity index (χ4n) is 0.454. The average Bonchev–Trinajstić information content (AvgIpc) is 1.89. The van der Waals surface area contributed by atoms with E-state index >= 15 is 0 Å². The van der Waals surface area contributed by atoms with Gasteiger partial charge in [0.05, 0.1) is 6.61 Å². The van der Waals surface area contributed by atoms with Crippen LogP contribution >= 0.6 is 0 Å². The standard InChI is InChI=1S/C8H13O/c1-3-4-5-6-8(2)7-9/h2,5-6,9H,3-4,7H2,1H3. The van der Waals surface area contributed by atoms with Gasteiger partial charge in [-0.3, -0.25) is 0 Å². The minimum absolute atomic E-state index is 0.0415. The van der Waals surface area contributed by atoms with Crippen molar-refractivity contribution in [1.82, 2.24) is 0 Å². The maximum atomic E-state index is 8.42. The highest BCUT2D eigenvalue weighted by Crippen LogP contribution is 1.93. The molecule has 0 rings (SSSR count). The smallest absolute Gasteiger partial charge is 0.0681 e. The highest BCUT2D eigenvalue weighted by molar-refractivity contribution is 5.12. The Bertz CT molecular complexity index is 103. The van der Waals surface area contributed by atoms with Crippen molar-refractivity contribution >= 4 is 0 Å². The van der Waals surface area contributed by atoms with Crippen LogP contribution in [0.3, 0.4) is 0 Å². The van der Waals surface area contributed by atoms with E-state index in [-0.39, 0.29) is 6.61 Å². The molecule has 1 heteroatoms. The molecule has 0 aliphatic carbocycles. The van der Waals surface area contributed by atoms with E-state index in [0.717, 1.165) is 12.8 Å². The third-order valence-corrected chi connectivity index (χ3v) is 0.970. The highest BCUT2D eigenvalue weighted by atomic mass is 16.3. The third-order valence-electron chi connectivity index (χ3n) is 0.970. The lowest BCUT2D eigenvalue weighted by molar-refractivity contribution is 0.335. The van der Waals surface area contributed by atoms with Crippen LogP contribution in [0.4, 0.5) is 0 Å². The van der Waals surface area contributed by atoms with Crippen molar-refractivity contribution in [3.8, 4) is 0 Å². The summed E-state index contributed by atoms with van der Waals surface area (Å²) in [5, 5.41) is 8.42. The highest BCUT2D eigenvalue weighted by Gasteiger charge is 1.80. The minimum atomic E-state index is -0.0415. The van der Waals surface area contributed by atoms with E-state index in [2.05, 4.69) is 6.92 Å². The molecule has 0 spiro atoms. The van der Waals surface area contributed by atoms with E-state index in [9.17, 15) is 0 Å². The number of hydrogen-bond donors (Lipinski definition) is 1. The zero-order chi connectivity index (χ0) is 7.11. The summed E-state index contributed by atoms with van der Waals surface area (Å²) in [5.74, 6) is 0. The van der Waals surface area contributed by atoms with E-state index in [1.54, 1.807) is 6.08 Å². The molecule has 0 saturated heterocycles. The Kier molecular flexibility index (Phi) is 5.23. The molecular weight excluding hydrogens is 112 g/mol. The molecule has 0 unspecified atom stereocenters. The van der Waals surface area contributed by atoms with E-state index in [4.69, 9.17) is 11.7 Å². The lowest BCUT2D eigenvalue weighted by Gasteiger charge is -1.88. The topological polar surface area (TPSA) is 20.2 Å². The zero-order valence-electron chi connectivity index (χ0n) is 5.80. The summed E-state index contributed by atoms with van der Waals surface area (Å²) >= 11 is 0. The van der Waals surface area contributed by atoms with Gasteiger partial charge in [-0.25, -0.2) is 0 Å². The molecule has 0 aromatic heterocycles. The van der Waals surface area contributed by atoms with Crippen LogP contribution in [-0.4, -0.2) is 11.7 Å². The maximum Gasteiger partial charge on any atom is 0.0681 e. The van der Waals surface area contributed by atoms with Gasteiger partial charge in [-0.2, -0.15) is 0 Å². The summed E-state index contributed by atoms with van der Waals surface area (Å²) < 4.78 is 0. The SMILES string of the molecule is [CH]=C(C=CCCC)CO.